The third kappa shape index (κ3) is 5.54. The Bertz CT molecular complexity index is 1970. The van der Waals surface area contributed by atoms with Crippen molar-refractivity contribution in [3.63, 3.8) is 0 Å². The van der Waals surface area contributed by atoms with E-state index in [1.807, 2.05) is 0 Å². The van der Waals surface area contributed by atoms with Gasteiger partial charge in [-0.3, -0.25) is 23.5 Å². The fraction of sp³-hybridized carbons (Fsp3) is 0.524. The number of nitrogens with zero attached hydrogens (tertiary/aromatic N) is 7. The number of aromatic amines is 1. The lowest BCUT2D eigenvalue weighted by Crippen LogP contribution is -2.34. The summed E-state index contributed by atoms with van der Waals surface area (Å²) in [5.41, 5.74) is 11.2. The zero-order valence-corrected chi connectivity index (χ0v) is 25.8. The standard InChI is InChI=1S/C21H24BFN10O10P2S/c22-44(36)38-2-8-7(1-34)13(20(40-8)33-6-29-12-17(33)30-21(25)31-18(12)35)43-45(37,46)39-3-9-14(42-44)10(23)19(41-9)32-5-28-11-15(24)26-4-27-16(11)32/h4-10,13-14,19-20,34H,1-3H2,(H,37,46)(H2,24,26,27)(H3,25,30,31,35)/t7?,8?,9?,10?,13?,14?,19?,20?,44-,45?/m0/s1. The highest BCUT2D eigenvalue weighted by molar-refractivity contribution is 8.07. The number of aliphatic hydroxyl groups excluding tert-OH is 1. The first-order valence-corrected chi connectivity index (χ1v) is 17.6. The molecule has 244 valence electrons. The molecule has 0 aliphatic carbocycles. The number of imidazole rings is 2. The van der Waals surface area contributed by atoms with Gasteiger partial charge >= 0.3 is 6.72 Å². The predicted octanol–water partition coefficient (Wildman–Crippen LogP) is -0.824. The molecule has 3 fully saturated rings. The molecule has 0 spiro atoms. The average Bonchev–Trinajstić information content (AvgIpc) is 3.75. The fourth-order valence-electron chi connectivity index (χ4n) is 5.61. The van der Waals surface area contributed by atoms with Crippen LogP contribution in [0.3, 0.4) is 0 Å². The van der Waals surface area contributed by atoms with Crippen molar-refractivity contribution in [1.29, 1.82) is 0 Å². The van der Waals surface area contributed by atoms with E-state index in [4.69, 9.17) is 58.4 Å². The molecule has 9 unspecified atom stereocenters. The number of hydrogen-bond donors (Lipinski definition) is 5. The summed E-state index contributed by atoms with van der Waals surface area (Å²) >= 11 is 5.28. The average molecular weight is 700 g/mol. The van der Waals surface area contributed by atoms with E-state index in [9.17, 15) is 19.4 Å². The molecule has 7 N–H and O–H groups in total. The number of nitrogens with two attached hydrogens (primary N) is 2. The molecule has 2 radical (unpaired) electrons. The minimum absolute atomic E-state index is 0.0134. The molecule has 25 heteroatoms. The maximum atomic E-state index is 16.0. The molecule has 46 heavy (non-hydrogen) atoms. The predicted molar refractivity (Wildman–Crippen MR) is 157 cm³/mol. The van der Waals surface area contributed by atoms with E-state index < -0.39 is 88.5 Å². The van der Waals surface area contributed by atoms with E-state index in [2.05, 4.69) is 29.9 Å². The molecule has 0 aromatic carbocycles. The third-order valence-electron chi connectivity index (χ3n) is 7.70. The number of nitrogen functional groups attached to an aromatic ring is 2. The minimum atomic E-state index is -4.57. The lowest BCUT2D eigenvalue weighted by atomic mass is 9.99. The van der Waals surface area contributed by atoms with Crippen LogP contribution in [0.25, 0.3) is 22.3 Å². The highest BCUT2D eigenvalue weighted by Gasteiger charge is 2.53. The van der Waals surface area contributed by atoms with Crippen LogP contribution in [0.1, 0.15) is 12.5 Å². The second-order valence-corrected chi connectivity index (χ2v) is 14.9. The van der Waals surface area contributed by atoms with Gasteiger partial charge in [0.15, 0.2) is 41.3 Å². The van der Waals surface area contributed by atoms with Gasteiger partial charge in [-0.25, -0.2) is 24.3 Å². The second-order valence-electron chi connectivity index (χ2n) is 10.5. The quantitative estimate of drug-likeness (QED) is 0.129. The highest BCUT2D eigenvalue weighted by Crippen LogP contribution is 2.55. The van der Waals surface area contributed by atoms with Crippen LogP contribution < -0.4 is 17.0 Å². The summed E-state index contributed by atoms with van der Waals surface area (Å²) in [6, 6.07) is 0. The summed E-state index contributed by atoms with van der Waals surface area (Å²) < 4.78 is 66.3. The molecule has 7 rings (SSSR count). The smallest absolute Gasteiger partial charge is 0.325 e. The van der Waals surface area contributed by atoms with Gasteiger partial charge in [-0.1, -0.05) is 0 Å². The lowest BCUT2D eigenvalue weighted by Gasteiger charge is -2.28. The molecule has 10 atom stereocenters. The van der Waals surface area contributed by atoms with E-state index in [-0.39, 0.29) is 34.1 Å². The van der Waals surface area contributed by atoms with E-state index in [0.717, 1.165) is 6.33 Å². The number of anilines is 2. The summed E-state index contributed by atoms with van der Waals surface area (Å²) in [5.74, 6) is -1.18. The summed E-state index contributed by atoms with van der Waals surface area (Å²) in [6.07, 6.45) is -6.60. The molecule has 20 nitrogen and oxygen atoms in total. The Kier molecular flexibility index (Phi) is 8.00. The SMILES string of the molecule is [B][P@]1(=O)OCC2OC(n3cnc4c(=O)[nH]c(N)nc43)C(OP(O)(=S)OCC3OC(n4cnc5c(N)ncnc54)C(F)C3O1)C2CO. The van der Waals surface area contributed by atoms with Crippen LogP contribution in [0.4, 0.5) is 16.2 Å². The molecule has 7 heterocycles. The van der Waals surface area contributed by atoms with Crippen LogP contribution in [-0.4, -0.2) is 107 Å². The zero-order chi connectivity index (χ0) is 32.5. The summed E-state index contributed by atoms with van der Waals surface area (Å²) in [4.78, 5) is 46.1. The molecule has 3 aliphatic rings. The van der Waals surface area contributed by atoms with Gasteiger partial charge in [-0.05, 0) is 11.8 Å². The monoisotopic (exact) mass is 700 g/mol. The Balaban J connectivity index is 1.22. The number of aromatic nitrogens is 8. The maximum Gasteiger partial charge on any atom is 0.325 e. The van der Waals surface area contributed by atoms with E-state index in [1.54, 1.807) is 0 Å². The number of fused-ring (bicyclic) bond motifs is 5. The number of ether oxygens (including phenoxy) is 2. The molecule has 4 aromatic heterocycles. The molecule has 0 saturated carbocycles. The van der Waals surface area contributed by atoms with Crippen molar-refractivity contribution in [2.24, 2.45) is 5.92 Å². The number of nitrogens with one attached hydrogen (secondary N) is 1. The Hall–Kier alpha value is -2.95. The van der Waals surface area contributed by atoms with Crippen LogP contribution in [0, 0.1) is 5.92 Å². The molecular weight excluding hydrogens is 676 g/mol. The summed E-state index contributed by atoms with van der Waals surface area (Å²) in [5, 5.41) is 10.3. The largest absolute Gasteiger partial charge is 0.396 e. The van der Waals surface area contributed by atoms with Gasteiger partial charge in [-0.15, -0.1) is 0 Å². The van der Waals surface area contributed by atoms with Crippen molar-refractivity contribution in [1.82, 2.24) is 39.0 Å². The van der Waals surface area contributed by atoms with E-state index in [0.29, 0.717) is 0 Å². The van der Waals surface area contributed by atoms with Gasteiger partial charge in [0.2, 0.25) is 13.5 Å². The molecular formula is C21H24BFN10O10P2S. The van der Waals surface area contributed by atoms with Gasteiger partial charge in [0, 0.05) is 5.92 Å². The molecule has 3 saturated heterocycles. The number of rotatable bonds is 3. The molecule has 2 bridgehead atoms. The first-order chi connectivity index (χ1) is 21.9. The van der Waals surface area contributed by atoms with Crippen LogP contribution in [0.2, 0.25) is 0 Å². The normalized spacial score (nSPS) is 37.1. The van der Waals surface area contributed by atoms with Gasteiger partial charge in [0.25, 0.3) is 13.0 Å². The Morgan fingerprint density at radius 2 is 1.72 bits per heavy atom. The van der Waals surface area contributed by atoms with Crippen molar-refractivity contribution in [2.45, 2.75) is 43.0 Å². The van der Waals surface area contributed by atoms with Crippen LogP contribution in [-0.2, 0) is 43.9 Å². The number of halogens is 1. The van der Waals surface area contributed by atoms with Crippen LogP contribution in [0.5, 0.6) is 0 Å². The van der Waals surface area contributed by atoms with Crippen molar-refractivity contribution < 1.29 is 46.5 Å². The van der Waals surface area contributed by atoms with Gasteiger partial charge in [-0.2, -0.15) is 4.98 Å². The van der Waals surface area contributed by atoms with Crippen molar-refractivity contribution in [3.8, 4) is 0 Å². The van der Waals surface area contributed by atoms with Crippen molar-refractivity contribution in [3.05, 3.63) is 29.3 Å². The van der Waals surface area contributed by atoms with Gasteiger partial charge in [0.05, 0.1) is 38.6 Å². The molecule has 3 aliphatic heterocycles. The first-order valence-electron chi connectivity index (χ1n) is 13.4. The Morgan fingerprint density at radius 3 is 2.48 bits per heavy atom. The Morgan fingerprint density at radius 1 is 1.02 bits per heavy atom. The zero-order valence-electron chi connectivity index (χ0n) is 23.2. The topological polar surface area (TPSA) is 272 Å². The van der Waals surface area contributed by atoms with Crippen molar-refractivity contribution in [2.75, 3.05) is 31.3 Å². The minimum Gasteiger partial charge on any atom is -0.396 e. The highest BCUT2D eigenvalue weighted by atomic mass is 32.5. The van der Waals surface area contributed by atoms with Gasteiger partial charge in [0.1, 0.15) is 30.2 Å². The van der Waals surface area contributed by atoms with Gasteiger partial charge < -0.3 is 49.0 Å². The number of alkyl halides is 1. The van der Waals surface area contributed by atoms with E-state index >= 15 is 4.39 Å². The van der Waals surface area contributed by atoms with E-state index in [1.165, 1.54) is 21.8 Å². The number of H-pyrrole nitrogens is 1. The summed E-state index contributed by atoms with van der Waals surface area (Å²) in [6.45, 7) is -6.06. The van der Waals surface area contributed by atoms with Crippen LogP contribution >= 0.6 is 14.2 Å². The van der Waals surface area contributed by atoms with Crippen LogP contribution in [0.15, 0.2) is 23.8 Å². The first kappa shape index (κ1) is 31.6. The number of aliphatic hydroxyl groups is 1. The molecule has 4 aromatic rings. The Labute approximate surface area is 262 Å². The molecule has 0 amide bonds. The third-order valence-corrected chi connectivity index (χ3v) is 10.3. The summed E-state index contributed by atoms with van der Waals surface area (Å²) in [7, 11) is 1.33. The van der Waals surface area contributed by atoms with Crippen molar-refractivity contribution >= 4 is 67.7 Å². The second kappa shape index (κ2) is 11.6. The fourth-order valence-corrected chi connectivity index (χ4v) is 8.06. The number of hydrogen-bond acceptors (Lipinski definition) is 17. The lowest BCUT2D eigenvalue weighted by molar-refractivity contribution is -0.0586. The maximum absolute atomic E-state index is 16.0.